The van der Waals surface area contributed by atoms with Gasteiger partial charge >= 0.3 is 0 Å². The van der Waals surface area contributed by atoms with Gasteiger partial charge < -0.3 is 15.0 Å². The molecule has 4 unspecified atom stereocenters. The van der Waals surface area contributed by atoms with Gasteiger partial charge in [-0.15, -0.1) is 0 Å². The number of nitrogens with one attached hydrogen (secondary N) is 1. The molecule has 0 aliphatic carbocycles. The summed E-state index contributed by atoms with van der Waals surface area (Å²) in [4.78, 5) is 2.47. The third-order valence-electron chi connectivity index (χ3n) is 4.35. The molecular formula is C14H28N2O. The van der Waals surface area contributed by atoms with Crippen molar-refractivity contribution in [3.8, 4) is 0 Å². The molecule has 2 heterocycles. The second-order valence-corrected chi connectivity index (χ2v) is 6.02. The van der Waals surface area contributed by atoms with Gasteiger partial charge in [-0.25, -0.2) is 0 Å². The summed E-state index contributed by atoms with van der Waals surface area (Å²) in [7, 11) is 2.25. The lowest BCUT2D eigenvalue weighted by atomic mass is 9.90. The molecule has 0 aromatic rings. The van der Waals surface area contributed by atoms with Gasteiger partial charge in [-0.05, 0) is 59.0 Å². The van der Waals surface area contributed by atoms with E-state index in [1.165, 1.54) is 38.8 Å². The number of hydrogen-bond acceptors (Lipinski definition) is 3. The van der Waals surface area contributed by atoms with E-state index in [1.54, 1.807) is 0 Å². The fourth-order valence-electron chi connectivity index (χ4n) is 3.27. The summed E-state index contributed by atoms with van der Waals surface area (Å²) >= 11 is 0. The van der Waals surface area contributed by atoms with E-state index in [1.807, 2.05) is 0 Å². The molecule has 2 aliphatic rings. The molecule has 3 heteroatoms. The minimum absolute atomic E-state index is 0.433. The van der Waals surface area contributed by atoms with Crippen molar-refractivity contribution < 1.29 is 4.74 Å². The summed E-state index contributed by atoms with van der Waals surface area (Å²) in [6, 6.07) is 1.31. The molecule has 4 atom stereocenters. The Kier molecular flexibility index (Phi) is 4.83. The third-order valence-corrected chi connectivity index (χ3v) is 4.35. The van der Waals surface area contributed by atoms with Crippen molar-refractivity contribution in [3.05, 3.63) is 0 Å². The van der Waals surface area contributed by atoms with Crippen LogP contribution in [0.15, 0.2) is 0 Å². The Morgan fingerprint density at radius 1 is 1.35 bits per heavy atom. The molecule has 17 heavy (non-hydrogen) atoms. The van der Waals surface area contributed by atoms with Gasteiger partial charge in [0, 0.05) is 25.2 Å². The molecule has 0 saturated carbocycles. The third kappa shape index (κ3) is 3.94. The fourth-order valence-corrected chi connectivity index (χ4v) is 3.27. The first-order valence-corrected chi connectivity index (χ1v) is 7.21. The molecule has 0 aromatic carbocycles. The normalized spacial score (nSPS) is 37.9. The summed E-state index contributed by atoms with van der Waals surface area (Å²) in [5.41, 5.74) is 0. The highest BCUT2D eigenvalue weighted by molar-refractivity contribution is 4.83. The molecule has 2 saturated heterocycles. The zero-order chi connectivity index (χ0) is 12.3. The highest BCUT2D eigenvalue weighted by atomic mass is 16.5. The van der Waals surface area contributed by atoms with Gasteiger partial charge in [-0.3, -0.25) is 0 Å². The maximum atomic E-state index is 5.60. The Balaban J connectivity index is 1.77. The first-order valence-electron chi connectivity index (χ1n) is 7.21. The van der Waals surface area contributed by atoms with Gasteiger partial charge in [0.1, 0.15) is 0 Å². The molecular weight excluding hydrogens is 212 g/mol. The molecule has 0 bridgehead atoms. The van der Waals surface area contributed by atoms with Gasteiger partial charge in [0.25, 0.3) is 0 Å². The summed E-state index contributed by atoms with van der Waals surface area (Å²) in [5.74, 6) is 0.826. The van der Waals surface area contributed by atoms with Crippen LogP contribution in [0.5, 0.6) is 0 Å². The maximum Gasteiger partial charge on any atom is 0.0561 e. The number of rotatable bonds is 3. The molecule has 3 nitrogen and oxygen atoms in total. The van der Waals surface area contributed by atoms with Crippen LogP contribution in [0.3, 0.4) is 0 Å². The van der Waals surface area contributed by atoms with Crippen LogP contribution in [0, 0.1) is 5.92 Å². The number of nitrogens with zero attached hydrogens (tertiary/aromatic N) is 1. The molecule has 100 valence electrons. The lowest BCUT2D eigenvalue weighted by Crippen LogP contribution is -2.48. The largest absolute Gasteiger partial charge is 0.378 e. The van der Waals surface area contributed by atoms with Gasteiger partial charge in [-0.1, -0.05) is 0 Å². The summed E-state index contributed by atoms with van der Waals surface area (Å²) in [6.07, 6.45) is 5.53. The Hall–Kier alpha value is -0.120. The van der Waals surface area contributed by atoms with E-state index < -0.39 is 0 Å². The first kappa shape index (κ1) is 13.3. The van der Waals surface area contributed by atoms with Crippen LogP contribution < -0.4 is 5.32 Å². The van der Waals surface area contributed by atoms with E-state index in [-0.39, 0.29) is 0 Å². The summed E-state index contributed by atoms with van der Waals surface area (Å²) in [6.45, 7) is 8.01. The lowest BCUT2D eigenvalue weighted by molar-refractivity contribution is 0.00907. The lowest BCUT2D eigenvalue weighted by Gasteiger charge is -2.37. The SMILES string of the molecule is CC1CC(NC(C)C2CCCN(C)C2)CCO1. The standard InChI is InChI=1S/C14H28N2O/c1-11-9-14(6-8-17-11)15-12(2)13-5-4-7-16(3)10-13/h11-15H,4-10H2,1-3H3. The van der Waals surface area contributed by atoms with Crippen LogP contribution in [-0.4, -0.2) is 49.8 Å². The predicted octanol–water partition coefficient (Wildman–Crippen LogP) is 1.87. The molecule has 2 rings (SSSR count). The zero-order valence-electron chi connectivity index (χ0n) is 11.6. The maximum absolute atomic E-state index is 5.60. The van der Waals surface area contributed by atoms with E-state index in [4.69, 9.17) is 4.74 Å². The van der Waals surface area contributed by atoms with Crippen LogP contribution in [0.4, 0.5) is 0 Å². The quantitative estimate of drug-likeness (QED) is 0.815. The molecule has 1 N–H and O–H groups in total. The molecule has 2 aliphatic heterocycles. The summed E-state index contributed by atoms with van der Waals surface area (Å²) < 4.78 is 5.60. The number of likely N-dealkylation sites (tertiary alicyclic amines) is 1. The van der Waals surface area contributed by atoms with Crippen LogP contribution in [-0.2, 0) is 4.74 Å². The van der Waals surface area contributed by atoms with Gasteiger partial charge in [0.2, 0.25) is 0 Å². The zero-order valence-corrected chi connectivity index (χ0v) is 11.6. The summed E-state index contributed by atoms with van der Waals surface area (Å²) in [5, 5.41) is 3.83. The van der Waals surface area contributed by atoms with E-state index in [0.29, 0.717) is 18.2 Å². The average molecular weight is 240 g/mol. The van der Waals surface area contributed by atoms with Crippen molar-refractivity contribution in [2.45, 2.75) is 57.7 Å². The Morgan fingerprint density at radius 3 is 2.88 bits per heavy atom. The van der Waals surface area contributed by atoms with Gasteiger partial charge in [0.15, 0.2) is 0 Å². The molecule has 0 amide bonds. The predicted molar refractivity (Wildman–Crippen MR) is 71.3 cm³/mol. The topological polar surface area (TPSA) is 24.5 Å². The van der Waals surface area contributed by atoms with Crippen molar-refractivity contribution in [2.75, 3.05) is 26.7 Å². The van der Waals surface area contributed by atoms with E-state index in [2.05, 4.69) is 31.1 Å². The van der Waals surface area contributed by atoms with Crippen LogP contribution in [0.1, 0.15) is 39.5 Å². The molecule has 2 fully saturated rings. The Morgan fingerprint density at radius 2 is 2.18 bits per heavy atom. The Labute approximate surface area is 106 Å². The molecule has 0 aromatic heterocycles. The van der Waals surface area contributed by atoms with Crippen molar-refractivity contribution >= 4 is 0 Å². The van der Waals surface area contributed by atoms with Gasteiger partial charge in [-0.2, -0.15) is 0 Å². The van der Waals surface area contributed by atoms with E-state index in [0.717, 1.165) is 12.5 Å². The van der Waals surface area contributed by atoms with Crippen LogP contribution in [0.2, 0.25) is 0 Å². The van der Waals surface area contributed by atoms with Crippen molar-refractivity contribution in [3.63, 3.8) is 0 Å². The van der Waals surface area contributed by atoms with Gasteiger partial charge in [0.05, 0.1) is 6.10 Å². The van der Waals surface area contributed by atoms with Crippen molar-refractivity contribution in [1.29, 1.82) is 0 Å². The molecule has 0 spiro atoms. The first-order chi connectivity index (χ1) is 8.15. The minimum atomic E-state index is 0.433. The number of ether oxygens (including phenoxy) is 1. The second kappa shape index (κ2) is 6.17. The average Bonchev–Trinajstić information content (AvgIpc) is 2.29. The molecule has 0 radical (unpaired) electrons. The second-order valence-electron chi connectivity index (χ2n) is 6.02. The van der Waals surface area contributed by atoms with E-state index in [9.17, 15) is 0 Å². The van der Waals surface area contributed by atoms with Crippen molar-refractivity contribution in [1.82, 2.24) is 10.2 Å². The van der Waals surface area contributed by atoms with Crippen molar-refractivity contribution in [2.24, 2.45) is 5.92 Å². The number of hydrogen-bond donors (Lipinski definition) is 1. The minimum Gasteiger partial charge on any atom is -0.378 e. The monoisotopic (exact) mass is 240 g/mol. The van der Waals surface area contributed by atoms with Crippen LogP contribution >= 0.6 is 0 Å². The van der Waals surface area contributed by atoms with Crippen LogP contribution in [0.25, 0.3) is 0 Å². The Bertz CT molecular complexity index is 234. The smallest absolute Gasteiger partial charge is 0.0561 e. The highest BCUT2D eigenvalue weighted by Crippen LogP contribution is 2.21. The number of piperidine rings is 1. The van der Waals surface area contributed by atoms with E-state index >= 15 is 0 Å². The fraction of sp³-hybridized carbons (Fsp3) is 1.00. The highest BCUT2D eigenvalue weighted by Gasteiger charge is 2.26.